The second kappa shape index (κ2) is 9.02. The SMILES string of the molecule is Fc1cccc(-c2ccnc3[nH]c(-c4n[nH]c5ccc(-c6cncc(CN7CCC(F)(F)C7)c6)nc45)cc23)c1. The summed E-state index contributed by atoms with van der Waals surface area (Å²) in [6.45, 7) is 0.533. The molecule has 1 aliphatic rings. The molecule has 0 unspecified atom stereocenters. The van der Waals surface area contributed by atoms with Gasteiger partial charge in [0.2, 0.25) is 0 Å². The average Bonchev–Trinajstić information content (AvgIpc) is 3.64. The summed E-state index contributed by atoms with van der Waals surface area (Å²) in [6.07, 6.45) is 4.99. The molecule has 0 amide bonds. The van der Waals surface area contributed by atoms with Gasteiger partial charge >= 0.3 is 0 Å². The number of nitrogens with zero attached hydrogens (tertiary/aromatic N) is 5. The summed E-state index contributed by atoms with van der Waals surface area (Å²) >= 11 is 0. The van der Waals surface area contributed by atoms with E-state index in [0.717, 1.165) is 38.9 Å². The number of aromatic amines is 2. The summed E-state index contributed by atoms with van der Waals surface area (Å²) in [5.74, 6) is -2.94. The summed E-state index contributed by atoms with van der Waals surface area (Å²) in [7, 11) is 0. The zero-order chi connectivity index (χ0) is 26.6. The smallest absolute Gasteiger partial charge is 0.261 e. The highest BCUT2D eigenvalue weighted by molar-refractivity contribution is 5.99. The fourth-order valence-corrected chi connectivity index (χ4v) is 5.22. The highest BCUT2D eigenvalue weighted by atomic mass is 19.3. The molecule has 0 radical (unpaired) electrons. The predicted octanol–water partition coefficient (Wildman–Crippen LogP) is 6.21. The van der Waals surface area contributed by atoms with Crippen molar-refractivity contribution < 1.29 is 13.2 Å². The summed E-state index contributed by atoms with van der Waals surface area (Å²) in [5.41, 5.74) is 7.37. The summed E-state index contributed by atoms with van der Waals surface area (Å²) < 4.78 is 41.2. The summed E-state index contributed by atoms with van der Waals surface area (Å²) in [4.78, 5) is 18.8. The van der Waals surface area contributed by atoms with Gasteiger partial charge in [0.15, 0.2) is 0 Å². The van der Waals surface area contributed by atoms with E-state index < -0.39 is 5.92 Å². The number of likely N-dealkylation sites (tertiary alicyclic amines) is 1. The molecule has 1 aromatic carbocycles. The molecule has 2 N–H and O–H groups in total. The van der Waals surface area contributed by atoms with Gasteiger partial charge in [0.25, 0.3) is 5.92 Å². The van der Waals surface area contributed by atoms with E-state index in [1.54, 1.807) is 29.6 Å². The van der Waals surface area contributed by atoms with Crippen LogP contribution in [0.25, 0.3) is 55.8 Å². The number of H-pyrrole nitrogens is 2. The van der Waals surface area contributed by atoms with Crippen LogP contribution < -0.4 is 0 Å². The van der Waals surface area contributed by atoms with Crippen molar-refractivity contribution in [2.24, 2.45) is 0 Å². The number of halogens is 3. The lowest BCUT2D eigenvalue weighted by atomic mass is 10.0. The molecule has 1 fully saturated rings. The minimum Gasteiger partial charge on any atom is -0.338 e. The Kier molecular flexibility index (Phi) is 5.44. The van der Waals surface area contributed by atoms with Gasteiger partial charge in [-0.25, -0.2) is 23.1 Å². The van der Waals surface area contributed by atoms with Gasteiger partial charge < -0.3 is 4.98 Å². The Labute approximate surface area is 220 Å². The van der Waals surface area contributed by atoms with Gasteiger partial charge in [0.1, 0.15) is 22.7 Å². The van der Waals surface area contributed by atoms with Crippen LogP contribution in [0.15, 0.2) is 73.2 Å². The van der Waals surface area contributed by atoms with Gasteiger partial charge in [-0.3, -0.25) is 15.0 Å². The second-order valence-electron chi connectivity index (χ2n) is 9.88. The number of hydrogen-bond acceptors (Lipinski definition) is 5. The maximum absolute atomic E-state index is 13.9. The lowest BCUT2D eigenvalue weighted by molar-refractivity contribution is 0.0115. The Morgan fingerprint density at radius 3 is 2.77 bits per heavy atom. The molecule has 0 saturated carbocycles. The Morgan fingerprint density at radius 1 is 1.00 bits per heavy atom. The molecule has 7 rings (SSSR count). The molecule has 0 atom stereocenters. The van der Waals surface area contributed by atoms with E-state index in [4.69, 9.17) is 4.98 Å². The Bertz CT molecular complexity index is 1840. The lowest BCUT2D eigenvalue weighted by Crippen LogP contribution is -2.24. The highest BCUT2D eigenvalue weighted by Crippen LogP contribution is 2.34. The van der Waals surface area contributed by atoms with Gasteiger partial charge in [-0.2, -0.15) is 5.10 Å². The van der Waals surface area contributed by atoms with Crippen molar-refractivity contribution in [2.75, 3.05) is 13.1 Å². The number of aromatic nitrogens is 6. The van der Waals surface area contributed by atoms with Gasteiger partial charge in [-0.15, -0.1) is 0 Å². The third-order valence-electron chi connectivity index (χ3n) is 7.08. The van der Waals surface area contributed by atoms with Crippen LogP contribution in [0.4, 0.5) is 13.2 Å². The fourth-order valence-electron chi connectivity index (χ4n) is 5.22. The number of nitrogens with one attached hydrogen (secondary N) is 2. The molecular weight excluding hydrogens is 503 g/mol. The monoisotopic (exact) mass is 525 g/mol. The topological polar surface area (TPSA) is 86.4 Å². The van der Waals surface area contributed by atoms with Crippen LogP contribution in [0.3, 0.4) is 0 Å². The van der Waals surface area contributed by atoms with Crippen molar-refractivity contribution in [3.8, 4) is 33.8 Å². The van der Waals surface area contributed by atoms with Crippen LogP contribution in [0.2, 0.25) is 0 Å². The molecule has 0 aliphatic carbocycles. The van der Waals surface area contributed by atoms with Crippen LogP contribution in [-0.4, -0.2) is 54.0 Å². The largest absolute Gasteiger partial charge is 0.338 e. The zero-order valence-corrected chi connectivity index (χ0v) is 20.6. The molecule has 1 aliphatic heterocycles. The number of alkyl halides is 2. The standard InChI is InChI=1S/C29H22F3N7/c30-20-3-1-2-18(11-20)21-6-8-34-28-22(21)12-25(36-28)27-26-24(37-38-27)5-4-23(35-26)19-10-17(13-33-14-19)15-39-9-7-29(31,32)16-39/h1-6,8,10-14H,7,9,15-16H2,(H,34,36)(H,37,38). The quantitative estimate of drug-likeness (QED) is 0.280. The van der Waals surface area contributed by atoms with E-state index >= 15 is 0 Å². The molecule has 0 spiro atoms. The van der Waals surface area contributed by atoms with Gasteiger partial charge in [-0.1, -0.05) is 12.1 Å². The van der Waals surface area contributed by atoms with Crippen LogP contribution >= 0.6 is 0 Å². The van der Waals surface area contributed by atoms with E-state index in [1.807, 2.05) is 36.4 Å². The molecule has 194 valence electrons. The first-order valence-electron chi connectivity index (χ1n) is 12.6. The average molecular weight is 526 g/mol. The third kappa shape index (κ3) is 4.42. The number of benzene rings is 1. The van der Waals surface area contributed by atoms with Gasteiger partial charge in [-0.05, 0) is 59.2 Å². The third-order valence-corrected chi connectivity index (χ3v) is 7.08. The van der Waals surface area contributed by atoms with E-state index in [2.05, 4.69) is 25.1 Å². The molecule has 5 aromatic heterocycles. The molecule has 0 bridgehead atoms. The number of pyridine rings is 3. The van der Waals surface area contributed by atoms with E-state index in [1.165, 1.54) is 12.1 Å². The molecule has 7 nitrogen and oxygen atoms in total. The molecule has 10 heteroatoms. The van der Waals surface area contributed by atoms with Gasteiger partial charge in [0, 0.05) is 49.1 Å². The van der Waals surface area contributed by atoms with Crippen molar-refractivity contribution in [1.82, 2.24) is 35.0 Å². The number of fused-ring (bicyclic) bond motifs is 2. The Balaban J connectivity index is 1.25. The maximum Gasteiger partial charge on any atom is 0.261 e. The van der Waals surface area contributed by atoms with Crippen molar-refractivity contribution >= 4 is 22.1 Å². The Morgan fingerprint density at radius 2 is 1.92 bits per heavy atom. The number of hydrogen-bond donors (Lipinski definition) is 2. The van der Waals surface area contributed by atoms with Crippen LogP contribution in [-0.2, 0) is 6.54 Å². The molecule has 1 saturated heterocycles. The fraction of sp³-hybridized carbons (Fsp3) is 0.172. The van der Waals surface area contributed by atoms with Crippen molar-refractivity contribution in [1.29, 1.82) is 0 Å². The van der Waals surface area contributed by atoms with E-state index in [0.29, 0.717) is 35.6 Å². The first-order chi connectivity index (χ1) is 18.9. The van der Waals surface area contributed by atoms with Gasteiger partial charge in [0.05, 0.1) is 23.4 Å². The van der Waals surface area contributed by atoms with Crippen molar-refractivity contribution in [3.05, 3.63) is 84.6 Å². The highest BCUT2D eigenvalue weighted by Gasteiger charge is 2.37. The summed E-state index contributed by atoms with van der Waals surface area (Å²) in [5, 5.41) is 8.39. The molecule has 39 heavy (non-hydrogen) atoms. The predicted molar refractivity (Wildman–Crippen MR) is 142 cm³/mol. The molecule has 6 heterocycles. The van der Waals surface area contributed by atoms with Crippen LogP contribution in [0, 0.1) is 5.82 Å². The second-order valence-corrected chi connectivity index (χ2v) is 9.88. The van der Waals surface area contributed by atoms with Crippen LogP contribution in [0.5, 0.6) is 0 Å². The number of rotatable bonds is 5. The molecular formula is C29H22F3N7. The Hall–Kier alpha value is -4.57. The zero-order valence-electron chi connectivity index (χ0n) is 20.6. The van der Waals surface area contributed by atoms with E-state index in [9.17, 15) is 13.2 Å². The minimum atomic E-state index is -2.63. The molecule has 6 aromatic rings. The first-order valence-corrected chi connectivity index (χ1v) is 12.6. The maximum atomic E-state index is 13.9. The van der Waals surface area contributed by atoms with E-state index in [-0.39, 0.29) is 18.8 Å². The van der Waals surface area contributed by atoms with Crippen molar-refractivity contribution in [2.45, 2.75) is 18.9 Å². The minimum absolute atomic E-state index is 0.116. The summed E-state index contributed by atoms with van der Waals surface area (Å²) in [6, 6.07) is 16.0. The normalized spacial score (nSPS) is 15.5. The lowest BCUT2D eigenvalue weighted by Gasteiger charge is -2.15. The van der Waals surface area contributed by atoms with Crippen molar-refractivity contribution in [3.63, 3.8) is 0 Å². The van der Waals surface area contributed by atoms with Crippen LogP contribution in [0.1, 0.15) is 12.0 Å². The first kappa shape index (κ1) is 23.5.